The first-order chi connectivity index (χ1) is 17.0. The highest BCUT2D eigenvalue weighted by atomic mass is 16.5. The Morgan fingerprint density at radius 3 is 2.11 bits per heavy atom. The van der Waals surface area contributed by atoms with Crippen molar-refractivity contribution in [3.8, 4) is 11.1 Å². The van der Waals surface area contributed by atoms with Gasteiger partial charge in [0.05, 0.1) is 5.60 Å². The first kappa shape index (κ1) is 26.4. The molecule has 0 radical (unpaired) electrons. The second kappa shape index (κ2) is 10.4. The molecule has 1 saturated carbocycles. The molecule has 1 unspecified atom stereocenters. The van der Waals surface area contributed by atoms with Crippen LogP contribution in [-0.4, -0.2) is 27.5 Å². The second-order valence-corrected chi connectivity index (χ2v) is 11.8. The zero-order chi connectivity index (χ0) is 26.2. The Balaban J connectivity index is 1.79. The van der Waals surface area contributed by atoms with Crippen molar-refractivity contribution in [2.75, 3.05) is 0 Å². The number of benzene rings is 2. The van der Waals surface area contributed by atoms with Crippen molar-refractivity contribution in [1.82, 2.24) is 4.90 Å². The van der Waals surface area contributed by atoms with Gasteiger partial charge in [0, 0.05) is 25.1 Å². The van der Waals surface area contributed by atoms with Crippen LogP contribution in [0.5, 0.6) is 0 Å². The lowest BCUT2D eigenvalue weighted by molar-refractivity contribution is -0.160. The van der Waals surface area contributed by atoms with Gasteiger partial charge >= 0.3 is 5.97 Å². The van der Waals surface area contributed by atoms with Crippen LogP contribution in [0.2, 0.25) is 0 Å². The van der Waals surface area contributed by atoms with Crippen LogP contribution in [0.4, 0.5) is 0 Å². The van der Waals surface area contributed by atoms with E-state index in [1.165, 1.54) is 19.3 Å². The maximum absolute atomic E-state index is 13.3. The highest BCUT2D eigenvalue weighted by Gasteiger charge is 2.36. The fourth-order valence-corrected chi connectivity index (χ4v) is 5.97. The monoisotopic (exact) mass is 491 g/mol. The number of fused-ring (bicyclic) bond motifs is 1. The lowest BCUT2D eigenvalue weighted by Crippen LogP contribution is -2.29. The SMILES string of the molecule is Cc1ccc(-c2c(C)c3c(c(C)c2C(OC(C)(C)C)C(=O)O)CN(C(=O)CC2CCCCC2)C3)cc1. The fraction of sp³-hybridized carbons (Fsp3) is 0.548. The third-order valence-corrected chi connectivity index (χ3v) is 7.85. The quantitative estimate of drug-likeness (QED) is 0.471. The summed E-state index contributed by atoms with van der Waals surface area (Å²) in [5.74, 6) is -0.285. The summed E-state index contributed by atoms with van der Waals surface area (Å²) in [7, 11) is 0. The minimum Gasteiger partial charge on any atom is -0.479 e. The largest absolute Gasteiger partial charge is 0.479 e. The van der Waals surface area contributed by atoms with E-state index < -0.39 is 17.7 Å². The molecule has 1 amide bonds. The molecule has 2 aromatic rings. The Morgan fingerprint density at radius 2 is 1.56 bits per heavy atom. The maximum Gasteiger partial charge on any atom is 0.337 e. The van der Waals surface area contributed by atoms with Gasteiger partial charge in [0.2, 0.25) is 5.91 Å². The molecule has 1 fully saturated rings. The van der Waals surface area contributed by atoms with Crippen LogP contribution in [0, 0.1) is 26.7 Å². The summed E-state index contributed by atoms with van der Waals surface area (Å²) in [5, 5.41) is 10.3. The van der Waals surface area contributed by atoms with E-state index >= 15 is 0 Å². The number of nitrogens with zero attached hydrogens (tertiary/aromatic N) is 1. The molecule has 1 heterocycles. The molecule has 0 aromatic heterocycles. The van der Waals surface area contributed by atoms with Crippen LogP contribution in [0.3, 0.4) is 0 Å². The number of rotatable bonds is 6. The number of hydrogen-bond acceptors (Lipinski definition) is 3. The van der Waals surface area contributed by atoms with Gasteiger partial charge in [-0.2, -0.15) is 0 Å². The summed E-state index contributed by atoms with van der Waals surface area (Å²) in [4.78, 5) is 27.9. The smallest absolute Gasteiger partial charge is 0.337 e. The Bertz CT molecular complexity index is 1140. The Hall–Kier alpha value is -2.66. The Kier molecular flexibility index (Phi) is 7.61. The standard InChI is InChI=1S/C31H41NO4/c1-19-12-14-23(15-13-19)27-20(2)24-17-32(26(33)16-22-10-8-7-9-11-22)18-25(24)21(3)28(27)29(30(34)35)36-31(4,5)6/h12-15,22,29H,7-11,16-18H2,1-6H3,(H,34,35). The van der Waals surface area contributed by atoms with Crippen molar-refractivity contribution in [3.63, 3.8) is 0 Å². The summed E-state index contributed by atoms with van der Waals surface area (Å²) in [6, 6.07) is 8.23. The highest BCUT2D eigenvalue weighted by Crippen LogP contribution is 2.44. The van der Waals surface area contributed by atoms with Gasteiger partial charge in [0.25, 0.3) is 0 Å². The van der Waals surface area contributed by atoms with Crippen molar-refractivity contribution in [2.24, 2.45) is 5.92 Å². The van der Waals surface area contributed by atoms with Crippen molar-refractivity contribution in [2.45, 2.75) is 105 Å². The molecule has 36 heavy (non-hydrogen) atoms. The molecular weight excluding hydrogens is 450 g/mol. The predicted molar refractivity (Wildman–Crippen MR) is 143 cm³/mol. The summed E-state index contributed by atoms with van der Waals surface area (Å²) in [6.07, 6.45) is 5.55. The van der Waals surface area contributed by atoms with Gasteiger partial charge in [0.15, 0.2) is 6.10 Å². The van der Waals surface area contributed by atoms with Gasteiger partial charge < -0.3 is 14.7 Å². The van der Waals surface area contributed by atoms with Crippen molar-refractivity contribution >= 4 is 11.9 Å². The number of amides is 1. The molecule has 0 bridgehead atoms. The van der Waals surface area contributed by atoms with E-state index in [-0.39, 0.29) is 5.91 Å². The van der Waals surface area contributed by atoms with Gasteiger partial charge in [0.1, 0.15) is 0 Å². The molecule has 194 valence electrons. The molecule has 1 aliphatic heterocycles. The molecule has 1 atom stereocenters. The fourth-order valence-electron chi connectivity index (χ4n) is 5.97. The average molecular weight is 492 g/mol. The van der Waals surface area contributed by atoms with Crippen LogP contribution in [0.1, 0.15) is 98.8 Å². The average Bonchev–Trinajstić information content (AvgIpc) is 3.27. The highest BCUT2D eigenvalue weighted by molar-refractivity contribution is 5.85. The summed E-state index contributed by atoms with van der Waals surface area (Å²) in [6.45, 7) is 12.9. The van der Waals surface area contributed by atoms with E-state index in [1.807, 2.05) is 39.5 Å². The number of aryl methyl sites for hydroxylation is 1. The third-order valence-electron chi connectivity index (χ3n) is 7.85. The van der Waals surface area contributed by atoms with E-state index in [4.69, 9.17) is 4.74 Å². The lowest BCUT2D eigenvalue weighted by atomic mass is 9.83. The van der Waals surface area contributed by atoms with Crippen LogP contribution >= 0.6 is 0 Å². The van der Waals surface area contributed by atoms with E-state index in [9.17, 15) is 14.7 Å². The minimum atomic E-state index is -1.10. The first-order valence-corrected chi connectivity index (χ1v) is 13.4. The molecule has 1 N–H and O–H groups in total. The predicted octanol–water partition coefficient (Wildman–Crippen LogP) is 7.03. The topological polar surface area (TPSA) is 66.8 Å². The third kappa shape index (κ3) is 5.51. The summed E-state index contributed by atoms with van der Waals surface area (Å²) < 4.78 is 6.16. The first-order valence-electron chi connectivity index (χ1n) is 13.4. The van der Waals surface area contributed by atoms with Crippen LogP contribution in [-0.2, 0) is 27.4 Å². The van der Waals surface area contributed by atoms with Gasteiger partial charge in [-0.05, 0) is 93.7 Å². The number of hydrogen-bond donors (Lipinski definition) is 1. The molecule has 2 aliphatic rings. The van der Waals surface area contributed by atoms with E-state index in [0.717, 1.165) is 51.8 Å². The normalized spacial score (nSPS) is 17.2. The molecule has 5 heteroatoms. The van der Waals surface area contributed by atoms with Gasteiger partial charge in [-0.15, -0.1) is 0 Å². The van der Waals surface area contributed by atoms with E-state index in [1.54, 1.807) is 0 Å². The van der Waals surface area contributed by atoms with Crippen LogP contribution < -0.4 is 0 Å². The molecule has 4 rings (SSSR count). The number of carboxylic acid groups (broad SMARTS) is 1. The zero-order valence-electron chi connectivity index (χ0n) is 22.7. The van der Waals surface area contributed by atoms with Crippen LogP contribution in [0.15, 0.2) is 24.3 Å². The lowest BCUT2D eigenvalue weighted by Gasteiger charge is -2.29. The molecule has 1 aliphatic carbocycles. The number of carboxylic acids is 1. The summed E-state index contributed by atoms with van der Waals surface area (Å²) in [5.41, 5.74) is 7.34. The second-order valence-electron chi connectivity index (χ2n) is 11.8. The molecule has 0 spiro atoms. The van der Waals surface area contributed by atoms with Crippen LogP contribution in [0.25, 0.3) is 11.1 Å². The van der Waals surface area contributed by atoms with Gasteiger partial charge in [-0.1, -0.05) is 49.1 Å². The molecule has 0 saturated heterocycles. The van der Waals surface area contributed by atoms with Crippen molar-refractivity contribution < 1.29 is 19.4 Å². The number of aliphatic carboxylic acids is 1. The minimum absolute atomic E-state index is 0.219. The number of ether oxygens (including phenoxy) is 1. The molecule has 5 nitrogen and oxygen atoms in total. The van der Waals surface area contributed by atoms with E-state index in [2.05, 4.69) is 31.2 Å². The van der Waals surface area contributed by atoms with Gasteiger partial charge in [-0.25, -0.2) is 4.79 Å². The molecule has 2 aromatic carbocycles. The number of carbonyl (C=O) groups is 2. The number of carbonyl (C=O) groups excluding carboxylic acids is 1. The van der Waals surface area contributed by atoms with Crippen molar-refractivity contribution in [3.05, 3.63) is 57.6 Å². The van der Waals surface area contributed by atoms with Gasteiger partial charge in [-0.3, -0.25) is 4.79 Å². The van der Waals surface area contributed by atoms with E-state index in [0.29, 0.717) is 31.0 Å². The Labute approximate surface area is 215 Å². The maximum atomic E-state index is 13.3. The Morgan fingerprint density at radius 1 is 0.972 bits per heavy atom. The van der Waals surface area contributed by atoms with Crippen molar-refractivity contribution in [1.29, 1.82) is 0 Å². The molecular formula is C31H41NO4. The zero-order valence-corrected chi connectivity index (χ0v) is 22.7. The summed E-state index contributed by atoms with van der Waals surface area (Å²) >= 11 is 0.